The molecule has 8 nitrogen and oxygen atoms in total. The van der Waals surface area contributed by atoms with E-state index >= 15 is 0 Å². The van der Waals surface area contributed by atoms with E-state index in [1.165, 1.54) is 13.2 Å². The van der Waals surface area contributed by atoms with Crippen LogP contribution in [0.15, 0.2) is 12.1 Å². The summed E-state index contributed by atoms with van der Waals surface area (Å²) in [5.74, 6) is -1.57. The number of hydrogen-bond acceptors (Lipinski definition) is 5. The van der Waals surface area contributed by atoms with E-state index in [0.29, 0.717) is 0 Å². The molecule has 1 heterocycles. The van der Waals surface area contributed by atoms with E-state index in [2.05, 4.69) is 15.0 Å². The molecular formula is C9H10ClN3O5. The zero-order valence-corrected chi connectivity index (χ0v) is 10.1. The van der Waals surface area contributed by atoms with Gasteiger partial charge in [-0.15, -0.1) is 11.6 Å². The molecule has 0 saturated carbocycles. The number of nitro groups is 1. The smallest absolute Gasteiger partial charge is 0.325 e. The van der Waals surface area contributed by atoms with E-state index in [1.54, 1.807) is 0 Å². The average molecular weight is 276 g/mol. The first-order valence-corrected chi connectivity index (χ1v) is 5.23. The quantitative estimate of drug-likeness (QED) is 0.350. The van der Waals surface area contributed by atoms with Gasteiger partial charge in [-0.05, 0) is 11.0 Å². The number of ether oxygens (including phenoxy) is 1. The molecule has 1 rings (SSSR count). The summed E-state index contributed by atoms with van der Waals surface area (Å²) >= 11 is 5.61. The van der Waals surface area contributed by atoms with Gasteiger partial charge in [0.25, 0.3) is 5.91 Å². The lowest BCUT2D eigenvalue weighted by Crippen LogP contribution is -2.34. The van der Waals surface area contributed by atoms with Crippen molar-refractivity contribution in [3.63, 3.8) is 0 Å². The average Bonchev–Trinajstić information content (AvgIpc) is 2.84. The first kappa shape index (κ1) is 14.0. The summed E-state index contributed by atoms with van der Waals surface area (Å²) in [5, 5.41) is 11.7. The van der Waals surface area contributed by atoms with Crippen LogP contribution in [0.4, 0.5) is 5.82 Å². The highest BCUT2D eigenvalue weighted by atomic mass is 35.5. The third-order valence-electron chi connectivity index (χ3n) is 2.01. The molecule has 0 fully saturated rings. The lowest BCUT2D eigenvalue weighted by molar-refractivity contribution is -0.389. The summed E-state index contributed by atoms with van der Waals surface area (Å²) in [6.07, 6.45) is 0. The maximum absolute atomic E-state index is 11.5. The molecular weight excluding hydrogens is 266 g/mol. The highest BCUT2D eigenvalue weighted by molar-refractivity contribution is 6.30. The predicted molar refractivity (Wildman–Crippen MR) is 61.4 cm³/mol. The number of carbonyl (C=O) groups excluding carboxylic acids is 2. The minimum absolute atomic E-state index is 0.00966. The summed E-state index contributed by atoms with van der Waals surface area (Å²) in [6.45, 7) is -0.139. The van der Waals surface area contributed by atoms with Crippen LogP contribution >= 0.6 is 11.6 Å². The Morgan fingerprint density at radius 1 is 1.61 bits per heavy atom. The fourth-order valence-electron chi connectivity index (χ4n) is 1.11. The van der Waals surface area contributed by atoms with Crippen molar-refractivity contribution < 1.29 is 19.2 Å². The van der Waals surface area contributed by atoms with Crippen molar-refractivity contribution in [2.24, 2.45) is 0 Å². The Kier molecular flexibility index (Phi) is 4.67. The molecule has 0 saturated heterocycles. The summed E-state index contributed by atoms with van der Waals surface area (Å²) in [4.78, 5) is 34.5. The normalized spacial score (nSPS) is 11.7. The van der Waals surface area contributed by atoms with Crippen LogP contribution in [0.2, 0.25) is 0 Å². The summed E-state index contributed by atoms with van der Waals surface area (Å²) < 4.78 is 4.37. The zero-order valence-electron chi connectivity index (χ0n) is 9.31. The maximum atomic E-state index is 11.5. The number of nitrogens with zero attached hydrogens (tertiary/aromatic N) is 1. The van der Waals surface area contributed by atoms with E-state index in [1.807, 2.05) is 0 Å². The molecule has 0 spiro atoms. The second-order valence-electron chi connectivity index (χ2n) is 3.22. The Hall–Kier alpha value is -2.09. The number of rotatable bonds is 5. The van der Waals surface area contributed by atoms with E-state index < -0.39 is 22.2 Å². The van der Waals surface area contributed by atoms with Gasteiger partial charge in [-0.25, -0.2) is 4.98 Å². The molecule has 0 aliphatic carbocycles. The van der Waals surface area contributed by atoms with E-state index in [4.69, 9.17) is 11.6 Å². The topological polar surface area (TPSA) is 114 Å². The minimum Gasteiger partial charge on any atom is -0.468 e. The van der Waals surface area contributed by atoms with Crippen LogP contribution in [0.5, 0.6) is 0 Å². The van der Waals surface area contributed by atoms with Gasteiger partial charge in [-0.3, -0.25) is 9.59 Å². The second-order valence-corrected chi connectivity index (χ2v) is 3.74. The number of alkyl halides is 1. The molecule has 18 heavy (non-hydrogen) atoms. The van der Waals surface area contributed by atoms with E-state index in [-0.39, 0.29) is 18.1 Å². The fourth-order valence-corrected chi connectivity index (χ4v) is 1.28. The highest BCUT2D eigenvalue weighted by Gasteiger charge is 2.19. The van der Waals surface area contributed by atoms with Gasteiger partial charge in [0.2, 0.25) is 0 Å². The molecule has 0 bridgehead atoms. The molecule has 98 valence electrons. The highest BCUT2D eigenvalue weighted by Crippen LogP contribution is 2.09. The van der Waals surface area contributed by atoms with Crippen LogP contribution in [0.3, 0.4) is 0 Å². The number of halogens is 1. The Balaban J connectivity index is 2.55. The Bertz CT molecular complexity index is 473. The lowest BCUT2D eigenvalue weighted by Gasteiger charge is -2.07. The van der Waals surface area contributed by atoms with Gasteiger partial charge in [0.05, 0.1) is 7.11 Å². The van der Waals surface area contributed by atoms with E-state index in [9.17, 15) is 19.7 Å². The van der Waals surface area contributed by atoms with Crippen LogP contribution in [0, 0.1) is 10.1 Å². The Morgan fingerprint density at radius 3 is 2.78 bits per heavy atom. The van der Waals surface area contributed by atoms with Gasteiger partial charge in [-0.1, -0.05) is 0 Å². The molecule has 1 aromatic heterocycles. The standard InChI is InChI=1S/C9H10ClN3O5/c1-18-9(15)5(10)4-11-8(14)6-2-3-7(12-6)13(16)17/h2-3,5,12H,4H2,1H3,(H,11,14). The molecule has 1 atom stereocenters. The molecule has 0 aliphatic rings. The number of esters is 1. The first-order valence-electron chi connectivity index (χ1n) is 4.79. The first-order chi connectivity index (χ1) is 8.45. The number of carbonyl (C=O) groups is 2. The van der Waals surface area contributed by atoms with Gasteiger partial charge >= 0.3 is 11.8 Å². The van der Waals surface area contributed by atoms with Gasteiger partial charge in [0, 0.05) is 12.6 Å². The second kappa shape index (κ2) is 6.01. The van der Waals surface area contributed by atoms with Gasteiger partial charge in [0.15, 0.2) is 5.69 Å². The Morgan fingerprint density at radius 2 is 2.28 bits per heavy atom. The number of aromatic nitrogens is 1. The van der Waals surface area contributed by atoms with Crippen LogP contribution in [-0.2, 0) is 9.53 Å². The molecule has 0 aromatic carbocycles. The SMILES string of the molecule is COC(=O)C(Cl)CNC(=O)c1ccc([N+](=O)[O-])[nH]1. The maximum Gasteiger partial charge on any atom is 0.325 e. The van der Waals surface area contributed by atoms with Crippen molar-refractivity contribution >= 4 is 29.3 Å². The predicted octanol–water partition coefficient (Wildman–Crippen LogP) is 0.433. The molecule has 0 aliphatic heterocycles. The number of methoxy groups -OCH3 is 1. The number of aromatic amines is 1. The largest absolute Gasteiger partial charge is 0.468 e. The van der Waals surface area contributed by atoms with Crippen molar-refractivity contribution in [2.45, 2.75) is 5.38 Å². The molecule has 1 unspecified atom stereocenters. The summed E-state index contributed by atoms with van der Waals surface area (Å²) in [7, 11) is 1.17. The lowest BCUT2D eigenvalue weighted by atomic mass is 10.3. The molecule has 9 heteroatoms. The zero-order chi connectivity index (χ0) is 13.7. The van der Waals surface area contributed by atoms with E-state index in [0.717, 1.165) is 6.07 Å². The third kappa shape index (κ3) is 3.45. The third-order valence-corrected chi connectivity index (χ3v) is 2.34. The summed E-state index contributed by atoms with van der Waals surface area (Å²) in [6, 6.07) is 2.42. The van der Waals surface area contributed by atoms with Crippen LogP contribution in [0.1, 0.15) is 10.5 Å². The molecule has 1 aromatic rings. The molecule has 1 amide bonds. The van der Waals surface area contributed by atoms with Crippen molar-refractivity contribution in [3.8, 4) is 0 Å². The van der Waals surface area contributed by atoms with Gasteiger partial charge < -0.3 is 20.2 Å². The van der Waals surface area contributed by atoms with Gasteiger partial charge in [0.1, 0.15) is 5.38 Å². The molecule has 2 N–H and O–H groups in total. The molecule has 0 radical (unpaired) electrons. The monoisotopic (exact) mass is 275 g/mol. The summed E-state index contributed by atoms with van der Waals surface area (Å²) in [5.41, 5.74) is 0.00966. The van der Waals surface area contributed by atoms with Crippen molar-refractivity contribution in [1.29, 1.82) is 0 Å². The van der Waals surface area contributed by atoms with Crippen molar-refractivity contribution in [3.05, 3.63) is 27.9 Å². The fraction of sp³-hybridized carbons (Fsp3) is 0.333. The number of amides is 1. The van der Waals surface area contributed by atoms with Crippen LogP contribution in [-0.4, -0.2) is 40.8 Å². The van der Waals surface area contributed by atoms with Crippen LogP contribution < -0.4 is 5.32 Å². The Labute approximate surface area is 106 Å². The number of hydrogen-bond donors (Lipinski definition) is 2. The number of nitrogens with one attached hydrogen (secondary N) is 2. The van der Waals surface area contributed by atoms with Crippen molar-refractivity contribution in [1.82, 2.24) is 10.3 Å². The minimum atomic E-state index is -1.01. The number of H-pyrrole nitrogens is 1. The van der Waals surface area contributed by atoms with Crippen molar-refractivity contribution in [2.75, 3.05) is 13.7 Å². The van der Waals surface area contributed by atoms with Crippen LogP contribution in [0.25, 0.3) is 0 Å². The van der Waals surface area contributed by atoms with Gasteiger partial charge in [-0.2, -0.15) is 0 Å².